The van der Waals surface area contributed by atoms with Gasteiger partial charge in [-0.15, -0.1) is 0 Å². The van der Waals surface area contributed by atoms with E-state index in [0.717, 1.165) is 0 Å². The molecule has 4 aromatic rings. The largest absolute Gasteiger partial charge is 0.460 e. The molecule has 0 radical (unpaired) electrons. The zero-order valence-electron chi connectivity index (χ0n) is 41.4. The lowest BCUT2D eigenvalue weighted by Crippen LogP contribution is -2.30. The highest BCUT2D eigenvalue weighted by molar-refractivity contribution is 5.88. The Morgan fingerprint density at radius 3 is 0.676 bits per heavy atom. The van der Waals surface area contributed by atoms with Crippen molar-refractivity contribution in [2.45, 2.75) is 39.5 Å². The molecule has 390 valence electrons. The van der Waals surface area contributed by atoms with Crippen molar-refractivity contribution in [3.05, 3.63) is 168 Å². The molecule has 0 aliphatic carbocycles. The van der Waals surface area contributed by atoms with Gasteiger partial charge in [-0.05, 0) is 98.5 Å². The Bertz CT molecular complexity index is 2310. The van der Waals surface area contributed by atoms with Gasteiger partial charge in [0.05, 0.1) is 26.2 Å². The van der Waals surface area contributed by atoms with Crippen molar-refractivity contribution in [3.8, 4) is 23.0 Å². The van der Waals surface area contributed by atoms with Crippen LogP contribution < -0.4 is 40.2 Å². The number of esters is 4. The molecule has 0 fully saturated rings. The average molecular weight is 1020 g/mol. The summed E-state index contributed by atoms with van der Waals surface area (Å²) in [6, 6.07) is 26.9. The second-order valence-corrected chi connectivity index (χ2v) is 16.2. The number of rotatable bonds is 25. The Kier molecular flexibility index (Phi) is 22.7. The summed E-state index contributed by atoms with van der Waals surface area (Å²) in [5.74, 6) is -2.78. The predicted molar refractivity (Wildman–Crippen MR) is 269 cm³/mol. The van der Waals surface area contributed by atoms with Crippen molar-refractivity contribution in [1.82, 2.24) is 21.3 Å². The first-order valence-electron chi connectivity index (χ1n) is 22.8. The van der Waals surface area contributed by atoms with Crippen LogP contribution in [0.15, 0.2) is 146 Å². The van der Waals surface area contributed by atoms with Gasteiger partial charge in [0.15, 0.2) is 0 Å². The Hall–Kier alpha value is -9.20. The van der Waals surface area contributed by atoms with Crippen molar-refractivity contribution in [2.24, 2.45) is 0 Å². The van der Waals surface area contributed by atoms with Crippen LogP contribution in [0.5, 0.6) is 23.0 Å². The normalized spacial score (nSPS) is 10.4. The minimum absolute atomic E-state index is 0.0190. The standard InChI is InChI=1S/C54H58N4O16/c1-33(2)47(59)67-29-25-55-51(63)71-41-17-9-37(10-18-41)45(38-11-19-42(20-12-38)72-52(64)56-26-30-68-48(60)34(3)4)46(39-13-21-43(22-14-39)73-53(65)57-27-31-69-49(61)35(5)6)40-15-23-44(24-16-40)74-54(66)58-28-32-70-50(62)36(7)8/h9-24,45-46H,1,3,5,7,25-32H2,2,4,6,8H3,(H,55,63)(H,56,64)(H,57,65)(H,58,66). The summed E-state index contributed by atoms with van der Waals surface area (Å²) < 4.78 is 42.1. The van der Waals surface area contributed by atoms with E-state index in [-0.39, 0.29) is 97.9 Å². The third-order valence-corrected chi connectivity index (χ3v) is 9.94. The first-order valence-corrected chi connectivity index (χ1v) is 22.8. The third kappa shape index (κ3) is 19.5. The van der Waals surface area contributed by atoms with Gasteiger partial charge in [-0.25, -0.2) is 38.4 Å². The van der Waals surface area contributed by atoms with Crippen molar-refractivity contribution in [3.63, 3.8) is 0 Å². The van der Waals surface area contributed by atoms with Crippen LogP contribution in [-0.4, -0.2) is 101 Å². The van der Waals surface area contributed by atoms with Crippen molar-refractivity contribution in [1.29, 1.82) is 0 Å². The molecule has 0 aliphatic heterocycles. The van der Waals surface area contributed by atoms with Gasteiger partial charge < -0.3 is 59.2 Å². The summed E-state index contributed by atoms with van der Waals surface area (Å²) >= 11 is 0. The molecule has 0 unspecified atom stereocenters. The van der Waals surface area contributed by atoms with Crippen LogP contribution in [0.4, 0.5) is 19.2 Å². The topological polar surface area (TPSA) is 259 Å². The molecule has 4 aromatic carbocycles. The van der Waals surface area contributed by atoms with Crippen molar-refractivity contribution in [2.75, 3.05) is 52.6 Å². The van der Waals surface area contributed by atoms with E-state index >= 15 is 0 Å². The van der Waals surface area contributed by atoms with Gasteiger partial charge in [0.2, 0.25) is 0 Å². The highest BCUT2D eigenvalue weighted by Crippen LogP contribution is 2.44. The number of ether oxygens (including phenoxy) is 8. The number of hydrogen-bond donors (Lipinski definition) is 4. The Balaban J connectivity index is 1.68. The zero-order chi connectivity index (χ0) is 54.2. The molecule has 74 heavy (non-hydrogen) atoms. The molecular weight excluding hydrogens is 961 g/mol. The lowest BCUT2D eigenvalue weighted by Gasteiger charge is -2.30. The van der Waals surface area contributed by atoms with Crippen LogP contribution in [0, 0.1) is 0 Å². The van der Waals surface area contributed by atoms with Gasteiger partial charge >= 0.3 is 48.3 Å². The van der Waals surface area contributed by atoms with Crippen molar-refractivity contribution < 1.29 is 76.3 Å². The van der Waals surface area contributed by atoms with Crippen LogP contribution in [0.1, 0.15) is 61.8 Å². The highest BCUT2D eigenvalue weighted by atomic mass is 16.6. The Labute approximate surface area is 427 Å². The van der Waals surface area contributed by atoms with E-state index in [2.05, 4.69) is 47.6 Å². The summed E-state index contributed by atoms with van der Waals surface area (Å²) in [7, 11) is 0. The number of carbonyl (C=O) groups excluding carboxylic acids is 8. The molecular formula is C54H58N4O16. The van der Waals surface area contributed by atoms with E-state index in [1.807, 2.05) is 0 Å². The van der Waals surface area contributed by atoms with Gasteiger partial charge in [-0.3, -0.25) is 0 Å². The molecule has 20 heteroatoms. The molecule has 0 aromatic heterocycles. The van der Waals surface area contributed by atoms with Crippen molar-refractivity contribution >= 4 is 48.3 Å². The lowest BCUT2D eigenvalue weighted by atomic mass is 9.73. The fraction of sp³-hybridized carbons (Fsp3) is 0.259. The number of hydrogen-bond acceptors (Lipinski definition) is 16. The maximum absolute atomic E-state index is 12.7. The first kappa shape index (κ1) is 57.4. The third-order valence-electron chi connectivity index (χ3n) is 9.94. The van der Waals surface area contributed by atoms with E-state index in [1.54, 1.807) is 97.1 Å². The fourth-order valence-electron chi connectivity index (χ4n) is 6.38. The van der Waals surface area contributed by atoms with Crippen LogP contribution in [0.2, 0.25) is 0 Å². The molecule has 4 amide bonds. The van der Waals surface area contributed by atoms with Gasteiger partial charge in [0, 0.05) is 34.1 Å². The van der Waals surface area contributed by atoms with Gasteiger partial charge in [0.1, 0.15) is 49.4 Å². The Morgan fingerprint density at radius 1 is 0.338 bits per heavy atom. The molecule has 4 rings (SSSR count). The summed E-state index contributed by atoms with van der Waals surface area (Å²) in [6.45, 7) is 19.6. The maximum atomic E-state index is 12.7. The summed E-state index contributed by atoms with van der Waals surface area (Å²) in [5.41, 5.74) is 3.70. The van der Waals surface area contributed by atoms with Crippen LogP contribution in [0.25, 0.3) is 0 Å². The molecule has 0 saturated heterocycles. The van der Waals surface area contributed by atoms with Crippen LogP contribution in [-0.2, 0) is 38.1 Å². The monoisotopic (exact) mass is 1020 g/mol. The summed E-state index contributed by atoms with van der Waals surface area (Å²) in [6.07, 6.45) is -3.18. The lowest BCUT2D eigenvalue weighted by molar-refractivity contribution is -0.139. The van der Waals surface area contributed by atoms with Crippen LogP contribution >= 0.6 is 0 Å². The van der Waals surface area contributed by atoms with E-state index in [0.29, 0.717) is 22.3 Å². The minimum Gasteiger partial charge on any atom is -0.460 e. The van der Waals surface area contributed by atoms with Gasteiger partial charge in [-0.2, -0.15) is 0 Å². The maximum Gasteiger partial charge on any atom is 0.412 e. The first-order chi connectivity index (χ1) is 35.3. The molecule has 0 atom stereocenters. The smallest absolute Gasteiger partial charge is 0.412 e. The number of nitrogens with one attached hydrogen (secondary N) is 4. The number of benzene rings is 4. The average Bonchev–Trinajstić information content (AvgIpc) is 3.37. The summed E-state index contributed by atoms with van der Waals surface area (Å²) in [4.78, 5) is 97.6. The molecule has 0 bridgehead atoms. The number of amides is 4. The predicted octanol–water partition coefficient (Wildman–Crippen LogP) is 7.48. The second kappa shape index (κ2) is 29.2. The second-order valence-electron chi connectivity index (χ2n) is 16.2. The zero-order valence-corrected chi connectivity index (χ0v) is 41.4. The van der Waals surface area contributed by atoms with E-state index in [4.69, 9.17) is 37.9 Å². The highest BCUT2D eigenvalue weighted by Gasteiger charge is 2.29. The fourth-order valence-corrected chi connectivity index (χ4v) is 6.38. The van der Waals surface area contributed by atoms with Gasteiger partial charge in [0.25, 0.3) is 0 Å². The minimum atomic E-state index is -0.796. The van der Waals surface area contributed by atoms with Gasteiger partial charge in [-0.1, -0.05) is 74.8 Å². The van der Waals surface area contributed by atoms with E-state index in [9.17, 15) is 38.4 Å². The number of carbonyl (C=O) groups is 8. The molecule has 0 spiro atoms. The Morgan fingerprint density at radius 2 is 0.514 bits per heavy atom. The van der Waals surface area contributed by atoms with Crippen LogP contribution in [0.3, 0.4) is 0 Å². The SMILES string of the molecule is C=C(C)C(=O)OCCNC(=O)Oc1ccc(C(c2ccc(OC(=O)NCCOC(=O)C(=C)C)cc2)C(c2ccc(OC(=O)NCCOC(=O)C(=C)C)cc2)c2ccc(OC(=O)NCCOC(=O)C(=C)C)cc2)cc1. The quantitative estimate of drug-likeness (QED) is 0.0217. The molecule has 0 saturated carbocycles. The van der Waals surface area contributed by atoms with E-state index < -0.39 is 60.1 Å². The van der Waals surface area contributed by atoms with E-state index in [1.165, 1.54) is 27.7 Å². The molecule has 0 aliphatic rings. The molecule has 0 heterocycles. The molecule has 20 nitrogen and oxygen atoms in total. The molecule has 4 N–H and O–H groups in total. The summed E-state index contributed by atoms with van der Waals surface area (Å²) in [5, 5.41) is 10.1.